The van der Waals surface area contributed by atoms with Crippen LogP contribution in [0.3, 0.4) is 0 Å². The van der Waals surface area contributed by atoms with Crippen LogP contribution in [0.1, 0.15) is 10.4 Å². The van der Waals surface area contributed by atoms with Crippen LogP contribution in [0.15, 0.2) is 43.1 Å². The van der Waals surface area contributed by atoms with Crippen molar-refractivity contribution in [1.82, 2.24) is 15.5 Å². The third-order valence-corrected chi connectivity index (χ3v) is 2.67. The van der Waals surface area contributed by atoms with Gasteiger partial charge in [0.25, 0.3) is 5.91 Å². The number of hydrogen-bond donors (Lipinski definition) is 2. The van der Waals surface area contributed by atoms with E-state index in [0.717, 1.165) is 11.3 Å². The summed E-state index contributed by atoms with van der Waals surface area (Å²) in [6.07, 6.45) is 3.14. The second kappa shape index (κ2) is 5.86. The van der Waals surface area contributed by atoms with Crippen LogP contribution in [0.2, 0.25) is 0 Å². The normalized spacial score (nSPS) is 9.95. The molecule has 0 aliphatic rings. The molecule has 2 rings (SSSR count). The molecule has 0 radical (unpaired) electrons. The van der Waals surface area contributed by atoms with Crippen LogP contribution < -0.4 is 10.1 Å². The summed E-state index contributed by atoms with van der Waals surface area (Å²) in [5.74, 6) is 0.584. The first-order valence-corrected chi connectivity index (χ1v) is 5.83. The second-order valence-corrected chi connectivity index (χ2v) is 3.89. The monoisotopic (exact) mass is 257 g/mol. The molecule has 0 fully saturated rings. The van der Waals surface area contributed by atoms with E-state index in [4.69, 9.17) is 4.74 Å². The molecule has 0 unspecified atom stereocenters. The maximum absolute atomic E-state index is 11.9. The average molecular weight is 257 g/mol. The van der Waals surface area contributed by atoms with Gasteiger partial charge < -0.3 is 10.1 Å². The number of methoxy groups -OCH3 is 1. The van der Waals surface area contributed by atoms with Gasteiger partial charge in [0.2, 0.25) is 0 Å². The molecule has 1 aromatic carbocycles. The molecule has 1 heterocycles. The molecule has 0 aliphatic heterocycles. The first-order valence-electron chi connectivity index (χ1n) is 5.83. The summed E-state index contributed by atoms with van der Waals surface area (Å²) in [7, 11) is 1.61. The molecule has 0 saturated heterocycles. The van der Waals surface area contributed by atoms with Crippen LogP contribution in [-0.4, -0.2) is 29.8 Å². The Morgan fingerprint density at radius 2 is 2.21 bits per heavy atom. The minimum Gasteiger partial charge on any atom is -0.497 e. The molecular formula is C14H15N3O2. The number of H-pyrrole nitrogens is 1. The molecule has 0 spiro atoms. The van der Waals surface area contributed by atoms with Crippen molar-refractivity contribution in [2.24, 2.45) is 0 Å². The summed E-state index contributed by atoms with van der Waals surface area (Å²) >= 11 is 0. The zero-order valence-electron chi connectivity index (χ0n) is 10.6. The number of benzene rings is 1. The number of rotatable bonds is 5. The number of aromatic nitrogens is 2. The van der Waals surface area contributed by atoms with Gasteiger partial charge in [0.05, 0.1) is 24.6 Å². The van der Waals surface area contributed by atoms with Crippen LogP contribution in [0.5, 0.6) is 5.75 Å². The zero-order valence-corrected chi connectivity index (χ0v) is 10.6. The van der Waals surface area contributed by atoms with Crippen molar-refractivity contribution in [3.05, 3.63) is 48.7 Å². The Bertz CT molecular complexity index is 573. The quantitative estimate of drug-likeness (QED) is 0.805. The second-order valence-electron chi connectivity index (χ2n) is 3.89. The number of carbonyl (C=O) groups excluding carboxylic acids is 1. The van der Waals surface area contributed by atoms with Crippen molar-refractivity contribution in [3.8, 4) is 17.0 Å². The largest absolute Gasteiger partial charge is 0.497 e. The Morgan fingerprint density at radius 1 is 1.47 bits per heavy atom. The van der Waals surface area contributed by atoms with E-state index in [1.54, 1.807) is 13.2 Å². The van der Waals surface area contributed by atoms with Crippen LogP contribution in [-0.2, 0) is 0 Å². The summed E-state index contributed by atoms with van der Waals surface area (Å²) in [5.41, 5.74) is 2.07. The zero-order chi connectivity index (χ0) is 13.7. The minimum atomic E-state index is -0.181. The highest BCUT2D eigenvalue weighted by Gasteiger charge is 2.14. The van der Waals surface area contributed by atoms with Crippen LogP contribution >= 0.6 is 0 Å². The fourth-order valence-corrected chi connectivity index (χ4v) is 1.70. The van der Waals surface area contributed by atoms with E-state index in [0.29, 0.717) is 17.8 Å². The number of nitrogens with one attached hydrogen (secondary N) is 2. The van der Waals surface area contributed by atoms with Crippen LogP contribution in [0, 0.1) is 0 Å². The van der Waals surface area contributed by atoms with Gasteiger partial charge in [-0.25, -0.2) is 0 Å². The van der Waals surface area contributed by atoms with Gasteiger partial charge in [0, 0.05) is 12.1 Å². The van der Waals surface area contributed by atoms with Crippen molar-refractivity contribution in [2.45, 2.75) is 0 Å². The summed E-state index contributed by atoms with van der Waals surface area (Å²) in [5, 5.41) is 9.49. The van der Waals surface area contributed by atoms with Crippen LogP contribution in [0.4, 0.5) is 0 Å². The van der Waals surface area contributed by atoms with E-state index < -0.39 is 0 Å². The molecule has 2 aromatic rings. The van der Waals surface area contributed by atoms with E-state index in [2.05, 4.69) is 22.1 Å². The highest BCUT2D eigenvalue weighted by Crippen LogP contribution is 2.23. The van der Waals surface area contributed by atoms with Gasteiger partial charge in [-0.2, -0.15) is 5.10 Å². The predicted octanol–water partition coefficient (Wildman–Crippen LogP) is 2.00. The van der Waals surface area contributed by atoms with Gasteiger partial charge in [-0.15, -0.1) is 6.58 Å². The number of hydrogen-bond acceptors (Lipinski definition) is 3. The van der Waals surface area contributed by atoms with Crippen LogP contribution in [0.25, 0.3) is 11.3 Å². The van der Waals surface area contributed by atoms with Crippen molar-refractivity contribution >= 4 is 5.91 Å². The smallest absolute Gasteiger partial charge is 0.255 e. The number of carbonyl (C=O) groups is 1. The Morgan fingerprint density at radius 3 is 2.84 bits per heavy atom. The first-order chi connectivity index (χ1) is 9.26. The molecule has 5 heteroatoms. The number of amides is 1. The Balaban J connectivity index is 2.27. The van der Waals surface area contributed by atoms with Crippen molar-refractivity contribution in [3.63, 3.8) is 0 Å². The van der Waals surface area contributed by atoms with Gasteiger partial charge in [-0.3, -0.25) is 9.89 Å². The van der Waals surface area contributed by atoms with Gasteiger partial charge >= 0.3 is 0 Å². The van der Waals surface area contributed by atoms with E-state index >= 15 is 0 Å². The van der Waals surface area contributed by atoms with Crippen molar-refractivity contribution < 1.29 is 9.53 Å². The third kappa shape index (κ3) is 2.82. The lowest BCUT2D eigenvalue weighted by Gasteiger charge is -2.05. The fraction of sp³-hybridized carbons (Fsp3) is 0.143. The molecule has 98 valence electrons. The Labute approximate surface area is 111 Å². The predicted molar refractivity (Wildman–Crippen MR) is 73.1 cm³/mol. The molecular weight excluding hydrogens is 242 g/mol. The van der Waals surface area contributed by atoms with Gasteiger partial charge in [-0.05, 0) is 24.3 Å². The van der Waals surface area contributed by atoms with Gasteiger partial charge in [0.15, 0.2) is 0 Å². The number of nitrogens with zero attached hydrogens (tertiary/aromatic N) is 1. The third-order valence-electron chi connectivity index (χ3n) is 2.67. The van der Waals surface area contributed by atoms with Gasteiger partial charge in [0.1, 0.15) is 5.75 Å². The Kier molecular flexibility index (Phi) is 3.97. The molecule has 2 N–H and O–H groups in total. The highest BCUT2D eigenvalue weighted by atomic mass is 16.5. The molecule has 5 nitrogen and oxygen atoms in total. The maximum atomic E-state index is 11.9. The first kappa shape index (κ1) is 12.9. The highest BCUT2D eigenvalue weighted by molar-refractivity contribution is 5.99. The van der Waals surface area contributed by atoms with E-state index in [-0.39, 0.29) is 5.91 Å². The van der Waals surface area contributed by atoms with E-state index in [1.165, 1.54) is 6.20 Å². The standard InChI is InChI=1S/C14H15N3O2/c1-3-8-15-14(18)12-9-16-17-13(12)10-4-6-11(19-2)7-5-10/h3-7,9H,1,8H2,2H3,(H,15,18)(H,16,17). The molecule has 0 saturated carbocycles. The topological polar surface area (TPSA) is 67.0 Å². The lowest BCUT2D eigenvalue weighted by Crippen LogP contribution is -2.23. The lowest BCUT2D eigenvalue weighted by atomic mass is 10.1. The van der Waals surface area contributed by atoms with Crippen molar-refractivity contribution in [1.29, 1.82) is 0 Å². The SMILES string of the molecule is C=CCNC(=O)c1cn[nH]c1-c1ccc(OC)cc1. The number of aromatic amines is 1. The molecule has 0 aliphatic carbocycles. The summed E-state index contributed by atoms with van der Waals surface area (Å²) in [4.78, 5) is 11.9. The molecule has 1 aromatic heterocycles. The summed E-state index contributed by atoms with van der Waals surface area (Å²) in [6, 6.07) is 7.41. The van der Waals surface area contributed by atoms with Gasteiger partial charge in [-0.1, -0.05) is 6.08 Å². The maximum Gasteiger partial charge on any atom is 0.255 e. The molecule has 1 amide bonds. The molecule has 19 heavy (non-hydrogen) atoms. The molecule has 0 atom stereocenters. The Hall–Kier alpha value is -2.56. The summed E-state index contributed by atoms with van der Waals surface area (Å²) < 4.78 is 5.10. The average Bonchev–Trinajstić information content (AvgIpc) is 2.94. The van der Waals surface area contributed by atoms with E-state index in [9.17, 15) is 4.79 Å². The summed E-state index contributed by atoms with van der Waals surface area (Å²) in [6.45, 7) is 3.98. The van der Waals surface area contributed by atoms with Crippen molar-refractivity contribution in [2.75, 3.05) is 13.7 Å². The van der Waals surface area contributed by atoms with E-state index in [1.807, 2.05) is 24.3 Å². The fourth-order valence-electron chi connectivity index (χ4n) is 1.70. The lowest BCUT2D eigenvalue weighted by molar-refractivity contribution is 0.0958. The minimum absolute atomic E-state index is 0.181. The number of ether oxygens (including phenoxy) is 1. The molecule has 0 bridgehead atoms.